The first-order chi connectivity index (χ1) is 8.87. The van der Waals surface area contributed by atoms with Crippen LogP contribution in [0.4, 0.5) is 0 Å². The Hall–Kier alpha value is -2.35. The van der Waals surface area contributed by atoms with Crippen molar-refractivity contribution in [2.24, 2.45) is 0 Å². The summed E-state index contributed by atoms with van der Waals surface area (Å²) in [5, 5.41) is 9.17. The lowest BCUT2D eigenvalue weighted by Crippen LogP contribution is -2.36. The number of hydrogen-bond donors (Lipinski definition) is 1. The smallest absolute Gasteiger partial charge is 0.328 e. The zero-order valence-electron chi connectivity index (χ0n) is 9.52. The summed E-state index contributed by atoms with van der Waals surface area (Å²) in [4.78, 5) is 23.0. The van der Waals surface area contributed by atoms with Crippen LogP contribution in [0.25, 0.3) is 0 Å². The van der Waals surface area contributed by atoms with E-state index in [-0.39, 0.29) is 11.5 Å². The third-order valence-corrected chi connectivity index (χ3v) is 3.25. The van der Waals surface area contributed by atoms with Crippen LogP contribution in [0, 0.1) is 0 Å². The number of phenolic OH excluding ortho intramolecular Hbond substituents is 1. The van der Waals surface area contributed by atoms with Crippen LogP contribution in [0.15, 0.2) is 36.4 Å². The quantitative estimate of drug-likeness (QED) is 0.615. The molecule has 0 fully saturated rings. The molecule has 0 bridgehead atoms. The van der Waals surface area contributed by atoms with Gasteiger partial charge in [0.05, 0.1) is 0 Å². The first-order valence-electron chi connectivity index (χ1n) is 5.12. The van der Waals surface area contributed by atoms with Gasteiger partial charge in [-0.1, -0.05) is 6.07 Å². The van der Waals surface area contributed by atoms with Gasteiger partial charge in [-0.3, -0.25) is 14.5 Å². The molecule has 7 nitrogen and oxygen atoms in total. The van der Waals surface area contributed by atoms with E-state index in [0.717, 1.165) is 18.2 Å². The average molecular weight is 283 g/mol. The molecule has 100 valence electrons. The van der Waals surface area contributed by atoms with Crippen LogP contribution in [0.5, 0.6) is 11.5 Å². The summed E-state index contributed by atoms with van der Waals surface area (Å²) in [6.45, 7) is 0. The fraction of sp³-hybridized carbons (Fsp3) is 0.0909. The minimum atomic E-state index is -4.17. The maximum absolute atomic E-state index is 11.7. The Morgan fingerprint density at radius 2 is 1.79 bits per heavy atom. The molecule has 2 rings (SSSR count). The van der Waals surface area contributed by atoms with E-state index in [1.807, 2.05) is 0 Å². The highest BCUT2D eigenvalue weighted by atomic mass is 32.2. The number of aromatic hydroxyl groups is 1. The van der Waals surface area contributed by atoms with Crippen molar-refractivity contribution in [1.82, 2.24) is 4.90 Å². The van der Waals surface area contributed by atoms with Gasteiger partial charge in [0.2, 0.25) is 0 Å². The second-order valence-electron chi connectivity index (χ2n) is 3.71. The highest BCUT2D eigenvalue weighted by Crippen LogP contribution is 2.20. The van der Waals surface area contributed by atoms with Crippen LogP contribution in [0.2, 0.25) is 0 Å². The van der Waals surface area contributed by atoms with Gasteiger partial charge >= 0.3 is 10.1 Å². The monoisotopic (exact) mass is 283 g/mol. The van der Waals surface area contributed by atoms with E-state index in [4.69, 9.17) is 0 Å². The predicted molar refractivity (Wildman–Crippen MR) is 63.5 cm³/mol. The Morgan fingerprint density at radius 1 is 1.16 bits per heavy atom. The van der Waals surface area contributed by atoms with Crippen molar-refractivity contribution in [1.29, 1.82) is 0 Å². The van der Waals surface area contributed by atoms with Gasteiger partial charge in [0.25, 0.3) is 11.8 Å². The molecule has 8 heteroatoms. The van der Waals surface area contributed by atoms with Gasteiger partial charge < -0.3 is 9.29 Å². The fourth-order valence-electron chi connectivity index (χ4n) is 1.42. The van der Waals surface area contributed by atoms with E-state index >= 15 is 0 Å². The number of amides is 2. The van der Waals surface area contributed by atoms with Gasteiger partial charge in [0, 0.05) is 18.2 Å². The van der Waals surface area contributed by atoms with Crippen molar-refractivity contribution in [3.8, 4) is 11.5 Å². The number of phenols is 1. The van der Waals surface area contributed by atoms with Crippen molar-refractivity contribution >= 4 is 21.9 Å². The number of carbonyl (C=O) groups excluding carboxylic acids is 2. The number of rotatable bonds is 4. The van der Waals surface area contributed by atoms with E-state index < -0.39 is 27.8 Å². The molecule has 1 aromatic carbocycles. The molecule has 19 heavy (non-hydrogen) atoms. The number of carbonyl (C=O) groups is 2. The lowest BCUT2D eigenvalue weighted by Gasteiger charge is -2.14. The maximum Gasteiger partial charge on any atom is 0.328 e. The minimum absolute atomic E-state index is 0.105. The molecular weight excluding hydrogens is 274 g/mol. The Bertz CT molecular complexity index is 646. The second kappa shape index (κ2) is 4.73. The molecule has 0 saturated heterocycles. The van der Waals surface area contributed by atoms with Crippen molar-refractivity contribution in [3.63, 3.8) is 0 Å². The van der Waals surface area contributed by atoms with Crippen molar-refractivity contribution in [3.05, 3.63) is 36.4 Å². The Kier molecular flexibility index (Phi) is 3.26. The van der Waals surface area contributed by atoms with Gasteiger partial charge in [-0.05, 0) is 12.1 Å². The number of imide groups is 1. The summed E-state index contributed by atoms with van der Waals surface area (Å²) in [7, 11) is -4.17. The summed E-state index contributed by atoms with van der Waals surface area (Å²) in [6, 6.07) is 5.16. The van der Waals surface area contributed by atoms with Crippen molar-refractivity contribution < 1.29 is 27.3 Å². The molecule has 1 aliphatic rings. The standard InChI is InChI=1S/C11H9NO6S/c13-8-2-1-3-9(6-8)18-19(16,17)7-12-10(14)4-5-11(12)15/h1-6,13H,7H2. The highest BCUT2D eigenvalue weighted by molar-refractivity contribution is 7.87. The zero-order chi connectivity index (χ0) is 14.0. The predicted octanol–water partition coefficient (Wildman–Crippen LogP) is -0.0167. The first kappa shape index (κ1) is 13.1. The largest absolute Gasteiger partial charge is 0.508 e. The molecule has 1 aromatic rings. The molecule has 1 N–H and O–H groups in total. The molecule has 0 unspecified atom stereocenters. The molecule has 0 spiro atoms. The van der Waals surface area contributed by atoms with Crippen molar-refractivity contribution in [2.45, 2.75) is 0 Å². The number of hydrogen-bond acceptors (Lipinski definition) is 6. The van der Waals surface area contributed by atoms with Crippen molar-refractivity contribution in [2.75, 3.05) is 5.88 Å². The van der Waals surface area contributed by atoms with E-state index in [0.29, 0.717) is 4.90 Å². The highest BCUT2D eigenvalue weighted by Gasteiger charge is 2.29. The summed E-state index contributed by atoms with van der Waals surface area (Å²) in [6.07, 6.45) is 1.96. The molecule has 1 aliphatic heterocycles. The van der Waals surface area contributed by atoms with E-state index in [9.17, 15) is 23.1 Å². The van der Waals surface area contributed by atoms with Crippen LogP contribution in [-0.4, -0.2) is 36.1 Å². The normalized spacial score (nSPS) is 15.1. The molecule has 1 heterocycles. The van der Waals surface area contributed by atoms with E-state index in [2.05, 4.69) is 4.18 Å². The molecule has 0 aromatic heterocycles. The molecule has 0 aliphatic carbocycles. The summed E-state index contributed by atoms with van der Waals surface area (Å²) in [5.74, 6) is -2.58. The molecule has 0 atom stereocenters. The Labute approximate surface area is 108 Å². The summed E-state index contributed by atoms with van der Waals surface area (Å²) >= 11 is 0. The zero-order valence-corrected chi connectivity index (χ0v) is 10.3. The topological polar surface area (TPSA) is 101 Å². The van der Waals surface area contributed by atoms with Crippen LogP contribution < -0.4 is 4.18 Å². The van der Waals surface area contributed by atoms with Gasteiger partial charge in [-0.15, -0.1) is 0 Å². The van der Waals surface area contributed by atoms with Crippen LogP contribution in [0.1, 0.15) is 0 Å². The fourth-order valence-corrected chi connectivity index (χ4v) is 2.45. The third kappa shape index (κ3) is 3.10. The first-order valence-corrected chi connectivity index (χ1v) is 6.70. The third-order valence-electron chi connectivity index (χ3n) is 2.23. The lowest BCUT2D eigenvalue weighted by atomic mass is 10.3. The van der Waals surface area contributed by atoms with Gasteiger partial charge in [0.1, 0.15) is 11.5 Å². The molecular formula is C11H9NO6S. The molecule has 0 saturated carbocycles. The van der Waals surface area contributed by atoms with E-state index in [1.54, 1.807) is 0 Å². The molecule has 2 amide bonds. The van der Waals surface area contributed by atoms with Gasteiger partial charge in [0.15, 0.2) is 5.88 Å². The summed E-state index contributed by atoms with van der Waals surface area (Å²) < 4.78 is 28.0. The molecule has 0 radical (unpaired) electrons. The Morgan fingerprint density at radius 3 is 2.37 bits per heavy atom. The van der Waals surface area contributed by atoms with Crippen LogP contribution >= 0.6 is 0 Å². The second-order valence-corrected chi connectivity index (χ2v) is 5.25. The lowest BCUT2D eigenvalue weighted by molar-refractivity contribution is -0.135. The summed E-state index contributed by atoms with van der Waals surface area (Å²) in [5.41, 5.74) is 0. The van der Waals surface area contributed by atoms with Crippen LogP contribution in [0.3, 0.4) is 0 Å². The SMILES string of the molecule is O=C1C=CC(=O)N1CS(=O)(=O)Oc1cccc(O)c1. The Balaban J connectivity index is 2.11. The average Bonchev–Trinajstić information content (AvgIpc) is 2.60. The van der Waals surface area contributed by atoms with Gasteiger partial charge in [-0.2, -0.15) is 8.42 Å². The van der Waals surface area contributed by atoms with Crippen LogP contribution in [-0.2, 0) is 19.7 Å². The maximum atomic E-state index is 11.7. The number of benzene rings is 1. The minimum Gasteiger partial charge on any atom is -0.508 e. The van der Waals surface area contributed by atoms with E-state index in [1.165, 1.54) is 18.2 Å². The number of nitrogens with zero attached hydrogens (tertiary/aromatic N) is 1. The van der Waals surface area contributed by atoms with Gasteiger partial charge in [-0.25, -0.2) is 0 Å².